The summed E-state index contributed by atoms with van der Waals surface area (Å²) in [5.74, 6) is 0.823. The Morgan fingerprint density at radius 3 is 3.05 bits per heavy atom. The Bertz CT molecular complexity index is 625. The molecule has 98 valence electrons. The maximum absolute atomic E-state index is 10.8. The van der Waals surface area contributed by atoms with Crippen LogP contribution in [-0.4, -0.2) is 15.9 Å². The Hall–Kier alpha value is -1.32. The SMILES string of the molecule is CC(=O)SCCC=Cc1ccc2c(Cl)ccnc2c1. The van der Waals surface area contributed by atoms with Crippen molar-refractivity contribution in [2.45, 2.75) is 13.3 Å². The number of halogens is 1. The second-order valence-corrected chi connectivity index (χ2v) is 5.78. The van der Waals surface area contributed by atoms with Gasteiger partial charge in [0.2, 0.25) is 0 Å². The largest absolute Gasteiger partial charge is 0.288 e. The van der Waals surface area contributed by atoms with Gasteiger partial charge in [-0.1, -0.05) is 47.6 Å². The van der Waals surface area contributed by atoms with Gasteiger partial charge in [0.05, 0.1) is 10.5 Å². The summed E-state index contributed by atoms with van der Waals surface area (Å²) in [4.78, 5) is 15.1. The van der Waals surface area contributed by atoms with Crippen LogP contribution in [0.15, 0.2) is 36.5 Å². The molecule has 1 aromatic heterocycles. The van der Waals surface area contributed by atoms with Gasteiger partial charge in [0.25, 0.3) is 0 Å². The molecular formula is C15H14ClNOS. The van der Waals surface area contributed by atoms with E-state index in [0.717, 1.165) is 33.7 Å². The van der Waals surface area contributed by atoms with Crippen molar-refractivity contribution in [3.05, 3.63) is 47.1 Å². The number of fused-ring (bicyclic) bond motifs is 1. The third kappa shape index (κ3) is 4.08. The highest BCUT2D eigenvalue weighted by Crippen LogP contribution is 2.22. The molecule has 0 fully saturated rings. The molecular weight excluding hydrogens is 278 g/mol. The minimum Gasteiger partial charge on any atom is -0.288 e. The number of benzene rings is 1. The number of allylic oxidation sites excluding steroid dienone is 1. The summed E-state index contributed by atoms with van der Waals surface area (Å²) in [5, 5.41) is 1.85. The van der Waals surface area contributed by atoms with Gasteiger partial charge >= 0.3 is 0 Å². The molecule has 0 N–H and O–H groups in total. The van der Waals surface area contributed by atoms with Gasteiger partial charge < -0.3 is 0 Å². The van der Waals surface area contributed by atoms with Gasteiger partial charge in [-0.15, -0.1) is 0 Å². The van der Waals surface area contributed by atoms with Crippen molar-refractivity contribution in [3.8, 4) is 0 Å². The second kappa shape index (κ2) is 6.73. The van der Waals surface area contributed by atoms with E-state index >= 15 is 0 Å². The molecule has 4 heteroatoms. The summed E-state index contributed by atoms with van der Waals surface area (Å²) in [6, 6.07) is 7.80. The monoisotopic (exact) mass is 291 g/mol. The van der Waals surface area contributed by atoms with E-state index in [9.17, 15) is 4.79 Å². The number of carbonyl (C=O) groups is 1. The van der Waals surface area contributed by atoms with Crippen molar-refractivity contribution < 1.29 is 4.79 Å². The molecule has 0 saturated heterocycles. The Morgan fingerprint density at radius 2 is 2.26 bits per heavy atom. The van der Waals surface area contributed by atoms with Gasteiger partial charge in [-0.25, -0.2) is 0 Å². The van der Waals surface area contributed by atoms with Crippen molar-refractivity contribution in [2.24, 2.45) is 0 Å². The zero-order valence-corrected chi connectivity index (χ0v) is 12.2. The summed E-state index contributed by atoms with van der Waals surface area (Å²) < 4.78 is 0. The lowest BCUT2D eigenvalue weighted by Gasteiger charge is -2.00. The number of carbonyl (C=O) groups excluding carboxylic acids is 1. The molecule has 2 aromatic rings. The lowest BCUT2D eigenvalue weighted by molar-refractivity contribution is -0.109. The fourth-order valence-corrected chi connectivity index (χ4v) is 2.48. The Morgan fingerprint density at radius 1 is 1.42 bits per heavy atom. The molecule has 0 saturated carbocycles. The molecule has 0 aliphatic heterocycles. The van der Waals surface area contributed by atoms with Crippen molar-refractivity contribution in [1.29, 1.82) is 0 Å². The smallest absolute Gasteiger partial charge is 0.185 e. The molecule has 2 nitrogen and oxygen atoms in total. The van der Waals surface area contributed by atoms with Crippen LogP contribution in [0.4, 0.5) is 0 Å². The van der Waals surface area contributed by atoms with Gasteiger partial charge in [-0.05, 0) is 24.1 Å². The summed E-state index contributed by atoms with van der Waals surface area (Å²) in [6.45, 7) is 1.59. The Kier molecular flexibility index (Phi) is 5.00. The molecule has 0 amide bonds. The van der Waals surface area contributed by atoms with Crippen LogP contribution in [0.3, 0.4) is 0 Å². The molecule has 0 radical (unpaired) electrons. The summed E-state index contributed by atoms with van der Waals surface area (Å²) in [7, 11) is 0. The first-order valence-corrected chi connectivity index (χ1v) is 7.37. The fourth-order valence-electron chi connectivity index (χ4n) is 1.72. The first kappa shape index (κ1) is 14.1. The summed E-state index contributed by atoms with van der Waals surface area (Å²) in [6.07, 6.45) is 6.71. The predicted octanol–water partition coefficient (Wildman–Crippen LogP) is 4.57. The van der Waals surface area contributed by atoms with Crippen LogP contribution in [0.1, 0.15) is 18.9 Å². The summed E-state index contributed by atoms with van der Waals surface area (Å²) >= 11 is 7.44. The minimum atomic E-state index is 0.165. The lowest BCUT2D eigenvalue weighted by Crippen LogP contribution is -1.84. The molecule has 0 bridgehead atoms. The lowest BCUT2D eigenvalue weighted by atomic mass is 10.1. The highest BCUT2D eigenvalue weighted by molar-refractivity contribution is 8.13. The zero-order valence-electron chi connectivity index (χ0n) is 10.6. The standard InChI is InChI=1S/C15H14ClNOS/c1-11(18)19-9-3-2-4-12-5-6-13-14(16)7-8-17-15(13)10-12/h2,4-8,10H,3,9H2,1H3. The van der Waals surface area contributed by atoms with E-state index in [0.29, 0.717) is 0 Å². The van der Waals surface area contributed by atoms with E-state index in [2.05, 4.69) is 11.1 Å². The van der Waals surface area contributed by atoms with E-state index in [1.54, 1.807) is 19.2 Å². The highest BCUT2D eigenvalue weighted by Gasteiger charge is 1.99. The van der Waals surface area contributed by atoms with Crippen LogP contribution in [0.5, 0.6) is 0 Å². The molecule has 0 aliphatic carbocycles. The molecule has 1 aromatic carbocycles. The van der Waals surface area contributed by atoms with Gasteiger partial charge in [-0.3, -0.25) is 9.78 Å². The van der Waals surface area contributed by atoms with Crippen LogP contribution >= 0.6 is 23.4 Å². The number of aromatic nitrogens is 1. The number of rotatable bonds is 4. The number of hydrogen-bond donors (Lipinski definition) is 0. The average Bonchev–Trinajstić information content (AvgIpc) is 2.38. The molecule has 19 heavy (non-hydrogen) atoms. The quantitative estimate of drug-likeness (QED) is 0.773. The van der Waals surface area contributed by atoms with Crippen molar-refractivity contribution >= 4 is 45.5 Å². The number of nitrogens with zero attached hydrogens (tertiary/aromatic N) is 1. The maximum atomic E-state index is 10.8. The van der Waals surface area contributed by atoms with Crippen molar-refractivity contribution in [3.63, 3.8) is 0 Å². The maximum Gasteiger partial charge on any atom is 0.185 e. The van der Waals surface area contributed by atoms with Crippen molar-refractivity contribution in [2.75, 3.05) is 5.75 Å². The minimum absolute atomic E-state index is 0.165. The topological polar surface area (TPSA) is 30.0 Å². The van der Waals surface area contributed by atoms with Crippen molar-refractivity contribution in [1.82, 2.24) is 4.98 Å². The predicted molar refractivity (Wildman–Crippen MR) is 83.5 cm³/mol. The first-order valence-electron chi connectivity index (χ1n) is 6.01. The van der Waals surface area contributed by atoms with Gasteiger partial charge in [0.15, 0.2) is 5.12 Å². The Balaban J connectivity index is 2.05. The third-order valence-corrected chi connectivity index (χ3v) is 3.79. The molecule has 0 atom stereocenters. The third-order valence-electron chi connectivity index (χ3n) is 2.61. The molecule has 0 unspecified atom stereocenters. The summed E-state index contributed by atoms with van der Waals surface area (Å²) in [5.41, 5.74) is 1.99. The van der Waals surface area contributed by atoms with E-state index < -0.39 is 0 Å². The van der Waals surface area contributed by atoms with Crippen LogP contribution in [-0.2, 0) is 4.79 Å². The van der Waals surface area contributed by atoms with Crippen LogP contribution in [0.25, 0.3) is 17.0 Å². The molecule has 0 aliphatic rings. The van der Waals surface area contributed by atoms with Crippen LogP contribution in [0.2, 0.25) is 5.02 Å². The normalized spacial score (nSPS) is 11.3. The average molecular weight is 292 g/mol. The highest BCUT2D eigenvalue weighted by atomic mass is 35.5. The van der Waals surface area contributed by atoms with E-state index in [4.69, 9.17) is 11.6 Å². The molecule has 1 heterocycles. The van der Waals surface area contributed by atoms with Gasteiger partial charge in [0.1, 0.15) is 0 Å². The molecule has 0 spiro atoms. The van der Waals surface area contributed by atoms with Gasteiger partial charge in [0, 0.05) is 24.3 Å². The van der Waals surface area contributed by atoms with E-state index in [-0.39, 0.29) is 5.12 Å². The second-order valence-electron chi connectivity index (χ2n) is 4.10. The van der Waals surface area contributed by atoms with E-state index in [1.165, 1.54) is 11.8 Å². The Labute approximate surface area is 121 Å². The number of thioether (sulfide) groups is 1. The van der Waals surface area contributed by atoms with Crippen LogP contribution in [0, 0.1) is 0 Å². The first-order chi connectivity index (χ1) is 9.16. The molecule has 2 rings (SSSR count). The van der Waals surface area contributed by atoms with E-state index in [1.807, 2.05) is 24.3 Å². The zero-order chi connectivity index (χ0) is 13.7. The van der Waals surface area contributed by atoms with Gasteiger partial charge in [-0.2, -0.15) is 0 Å². The number of hydrogen-bond acceptors (Lipinski definition) is 3. The van der Waals surface area contributed by atoms with Crippen LogP contribution < -0.4 is 0 Å². The fraction of sp³-hybridized carbons (Fsp3) is 0.200. The number of pyridine rings is 1.